The fourth-order valence-electron chi connectivity index (χ4n) is 1.89. The lowest BCUT2D eigenvalue weighted by Crippen LogP contribution is -2.08. The van der Waals surface area contributed by atoms with Crippen molar-refractivity contribution < 1.29 is 9.53 Å². The minimum atomic E-state index is -0.0271. The van der Waals surface area contributed by atoms with Gasteiger partial charge in [-0.2, -0.15) is 0 Å². The van der Waals surface area contributed by atoms with Crippen molar-refractivity contribution in [3.8, 4) is 0 Å². The van der Waals surface area contributed by atoms with E-state index in [2.05, 4.69) is 20.1 Å². The average molecular weight is 222 g/mol. The maximum Gasteiger partial charge on any atom is 0.309 e. The van der Waals surface area contributed by atoms with Crippen molar-refractivity contribution >= 4 is 5.97 Å². The zero-order chi connectivity index (χ0) is 12.1. The van der Waals surface area contributed by atoms with Gasteiger partial charge in [-0.25, -0.2) is 0 Å². The molecular weight excluding hydrogens is 200 g/mol. The summed E-state index contributed by atoms with van der Waals surface area (Å²) in [7, 11) is 0. The molecule has 16 heavy (non-hydrogen) atoms. The minimum Gasteiger partial charge on any atom is -0.465 e. The molecule has 0 radical (unpaired) electrons. The van der Waals surface area contributed by atoms with Gasteiger partial charge in [-0.05, 0) is 38.5 Å². The van der Waals surface area contributed by atoms with Gasteiger partial charge in [0.05, 0.1) is 12.5 Å². The Balaban J connectivity index is 2.24. The van der Waals surface area contributed by atoms with E-state index in [1.54, 1.807) is 0 Å². The van der Waals surface area contributed by atoms with Crippen molar-refractivity contribution in [2.45, 2.75) is 39.5 Å². The summed E-state index contributed by atoms with van der Waals surface area (Å²) < 4.78 is 4.93. The average Bonchev–Trinajstić information content (AvgIpc) is 2.61. The maximum absolute atomic E-state index is 11.3. The first-order valence-electron chi connectivity index (χ1n) is 5.99. The van der Waals surface area contributed by atoms with Crippen molar-refractivity contribution in [3.05, 3.63) is 24.3 Å². The van der Waals surface area contributed by atoms with E-state index in [1.165, 1.54) is 11.1 Å². The highest BCUT2D eigenvalue weighted by atomic mass is 16.5. The molecule has 1 heterocycles. The lowest BCUT2D eigenvalue weighted by atomic mass is 9.91. The summed E-state index contributed by atoms with van der Waals surface area (Å²) in [5, 5.41) is 0. The van der Waals surface area contributed by atoms with Gasteiger partial charge in [0.1, 0.15) is 0 Å². The van der Waals surface area contributed by atoms with Gasteiger partial charge in [-0.1, -0.05) is 31.2 Å². The van der Waals surface area contributed by atoms with Crippen LogP contribution in [0.15, 0.2) is 24.3 Å². The highest BCUT2D eigenvalue weighted by Gasteiger charge is 2.25. The fourth-order valence-corrected chi connectivity index (χ4v) is 1.89. The summed E-state index contributed by atoms with van der Waals surface area (Å²) in [6.45, 7) is 12.8. The van der Waals surface area contributed by atoms with E-state index < -0.39 is 0 Å². The van der Waals surface area contributed by atoms with E-state index in [1.807, 2.05) is 6.92 Å². The van der Waals surface area contributed by atoms with Crippen LogP contribution in [-0.2, 0) is 9.53 Å². The summed E-state index contributed by atoms with van der Waals surface area (Å²) in [4.78, 5) is 11.3. The van der Waals surface area contributed by atoms with Crippen LogP contribution in [0.5, 0.6) is 0 Å². The highest BCUT2D eigenvalue weighted by molar-refractivity contribution is 5.74. The first-order valence-corrected chi connectivity index (χ1v) is 5.99. The number of hydrogen-bond donors (Lipinski definition) is 0. The van der Waals surface area contributed by atoms with Crippen molar-refractivity contribution in [1.82, 2.24) is 0 Å². The zero-order valence-electron chi connectivity index (χ0n) is 10.4. The molecule has 0 bridgehead atoms. The number of carbonyl (C=O) groups excluding carboxylic acids is 1. The van der Waals surface area contributed by atoms with Gasteiger partial charge in [0, 0.05) is 0 Å². The second-order valence-corrected chi connectivity index (χ2v) is 4.89. The molecule has 2 nitrogen and oxygen atoms in total. The van der Waals surface area contributed by atoms with Crippen LogP contribution in [0.3, 0.4) is 0 Å². The van der Waals surface area contributed by atoms with Gasteiger partial charge < -0.3 is 4.74 Å². The number of esters is 1. The van der Waals surface area contributed by atoms with Crippen LogP contribution >= 0.6 is 0 Å². The third kappa shape index (κ3) is 3.84. The first-order chi connectivity index (χ1) is 7.50. The molecule has 0 N–H and O–H groups in total. The summed E-state index contributed by atoms with van der Waals surface area (Å²) >= 11 is 0. The van der Waals surface area contributed by atoms with Gasteiger partial charge in [-0.15, -0.1) is 0 Å². The summed E-state index contributed by atoms with van der Waals surface area (Å²) in [6.07, 6.45) is 3.68. The SMILES string of the molecule is C=C(CC[C@H]1CCOC1=O)C[C@H](C)C(=C)C. The smallest absolute Gasteiger partial charge is 0.309 e. The number of ether oxygens (including phenoxy) is 1. The molecule has 0 aromatic carbocycles. The van der Waals surface area contributed by atoms with Crippen molar-refractivity contribution in [2.24, 2.45) is 11.8 Å². The summed E-state index contributed by atoms with van der Waals surface area (Å²) in [5.74, 6) is 0.570. The van der Waals surface area contributed by atoms with Crippen LogP contribution in [0, 0.1) is 11.8 Å². The molecule has 0 amide bonds. The molecule has 1 rings (SSSR count). The van der Waals surface area contributed by atoms with Crippen LogP contribution in [0.2, 0.25) is 0 Å². The van der Waals surface area contributed by atoms with Crippen LogP contribution in [-0.4, -0.2) is 12.6 Å². The van der Waals surface area contributed by atoms with Gasteiger partial charge in [0.2, 0.25) is 0 Å². The van der Waals surface area contributed by atoms with Gasteiger partial charge in [0.15, 0.2) is 0 Å². The predicted molar refractivity (Wildman–Crippen MR) is 66.0 cm³/mol. The van der Waals surface area contributed by atoms with Gasteiger partial charge in [-0.3, -0.25) is 4.79 Å². The molecule has 0 aromatic rings. The number of cyclic esters (lactones) is 1. The zero-order valence-corrected chi connectivity index (χ0v) is 10.4. The molecular formula is C14H22O2. The third-order valence-electron chi connectivity index (χ3n) is 3.33. The minimum absolute atomic E-state index is 0.0271. The largest absolute Gasteiger partial charge is 0.465 e. The van der Waals surface area contributed by atoms with Gasteiger partial charge >= 0.3 is 5.97 Å². The summed E-state index contributed by atoms with van der Waals surface area (Å²) in [6, 6.07) is 0. The standard InChI is InChI=1S/C14H22O2/c1-10(2)12(4)9-11(3)5-6-13-7-8-16-14(13)15/h12-13H,1,3,5-9H2,2,4H3/t12-,13-/m0/s1. The molecule has 0 saturated carbocycles. The summed E-state index contributed by atoms with van der Waals surface area (Å²) in [5.41, 5.74) is 2.41. The Bertz CT molecular complexity index is 291. The number of hydrogen-bond acceptors (Lipinski definition) is 2. The van der Waals surface area contributed by atoms with Crippen molar-refractivity contribution in [3.63, 3.8) is 0 Å². The normalized spacial score (nSPS) is 21.6. The Morgan fingerprint density at radius 2 is 2.25 bits per heavy atom. The Labute approximate surface area is 98.4 Å². The Kier molecular flexibility index (Phi) is 4.78. The molecule has 0 aliphatic carbocycles. The predicted octanol–water partition coefficient (Wildman–Crippen LogP) is 3.49. The molecule has 1 aliphatic rings. The Hall–Kier alpha value is -1.05. The van der Waals surface area contributed by atoms with Crippen LogP contribution < -0.4 is 0 Å². The molecule has 2 heteroatoms. The monoisotopic (exact) mass is 222 g/mol. The lowest BCUT2D eigenvalue weighted by Gasteiger charge is -2.14. The highest BCUT2D eigenvalue weighted by Crippen LogP contribution is 2.25. The molecule has 0 spiro atoms. The molecule has 1 fully saturated rings. The second-order valence-electron chi connectivity index (χ2n) is 4.89. The number of rotatable bonds is 6. The maximum atomic E-state index is 11.3. The Morgan fingerprint density at radius 1 is 1.56 bits per heavy atom. The topological polar surface area (TPSA) is 26.3 Å². The molecule has 1 aliphatic heterocycles. The fraction of sp³-hybridized carbons (Fsp3) is 0.643. The van der Waals surface area contributed by atoms with Crippen LogP contribution in [0.4, 0.5) is 0 Å². The lowest BCUT2D eigenvalue weighted by molar-refractivity contribution is -0.141. The molecule has 2 atom stereocenters. The van der Waals surface area contributed by atoms with E-state index in [4.69, 9.17) is 4.74 Å². The van der Waals surface area contributed by atoms with Crippen molar-refractivity contribution in [1.29, 1.82) is 0 Å². The van der Waals surface area contributed by atoms with Crippen molar-refractivity contribution in [2.75, 3.05) is 6.61 Å². The van der Waals surface area contributed by atoms with Crippen LogP contribution in [0.25, 0.3) is 0 Å². The van der Waals surface area contributed by atoms with E-state index in [9.17, 15) is 4.79 Å². The quantitative estimate of drug-likeness (QED) is 0.508. The van der Waals surface area contributed by atoms with Crippen LogP contribution in [0.1, 0.15) is 39.5 Å². The molecule has 0 unspecified atom stereocenters. The Morgan fingerprint density at radius 3 is 2.75 bits per heavy atom. The number of carbonyl (C=O) groups is 1. The van der Waals surface area contributed by atoms with Gasteiger partial charge in [0.25, 0.3) is 0 Å². The molecule has 0 aromatic heterocycles. The second kappa shape index (κ2) is 5.88. The van der Waals surface area contributed by atoms with E-state index in [-0.39, 0.29) is 11.9 Å². The number of allylic oxidation sites excluding steroid dienone is 2. The van der Waals surface area contributed by atoms with E-state index in [0.717, 1.165) is 25.7 Å². The van der Waals surface area contributed by atoms with E-state index in [0.29, 0.717) is 12.5 Å². The molecule has 90 valence electrons. The third-order valence-corrected chi connectivity index (χ3v) is 3.33. The first kappa shape index (κ1) is 13.0. The molecule has 1 saturated heterocycles. The van der Waals surface area contributed by atoms with E-state index >= 15 is 0 Å².